The van der Waals surface area contributed by atoms with Gasteiger partial charge in [0, 0.05) is 10.6 Å². The van der Waals surface area contributed by atoms with Crippen LogP contribution in [0.2, 0.25) is 10.0 Å². The Bertz CT molecular complexity index is 893. The van der Waals surface area contributed by atoms with Crippen LogP contribution in [-0.4, -0.2) is 34.9 Å². The van der Waals surface area contributed by atoms with E-state index in [1.165, 1.54) is 18.2 Å². The first-order valence-electron chi connectivity index (χ1n) is 8.51. The van der Waals surface area contributed by atoms with Gasteiger partial charge >= 0.3 is 5.97 Å². The Morgan fingerprint density at radius 3 is 2.60 bits per heavy atom. The summed E-state index contributed by atoms with van der Waals surface area (Å²) in [6.07, 6.45) is -1.98. The standard InChI is InChI=1S/C19H18Cl2FO7P/c20-13-5-17(21)16(9-27-11-29-30(26)10-15(23)7-19(24)25)18(6-13)28-8-12-1-3-14(22)4-2-12/h1-6,10,15,23H,7-9,11H2,(H,24,25)/t15-/m0/s1. The first kappa shape index (κ1) is 24.5. The number of halogens is 3. The SMILES string of the molecule is O=C(O)C[C@H](O)C=[P+]([O-])OCOCc1c(Cl)cc(Cl)cc1OCc1ccc(F)cc1. The third-order valence-corrected chi connectivity index (χ3v) is 5.12. The lowest BCUT2D eigenvalue weighted by Crippen LogP contribution is -2.15. The van der Waals surface area contributed by atoms with E-state index in [0.29, 0.717) is 16.3 Å². The average Bonchev–Trinajstić information content (AvgIpc) is 2.65. The number of benzene rings is 2. The number of rotatable bonds is 11. The maximum absolute atomic E-state index is 13.0. The molecule has 2 rings (SSSR count). The van der Waals surface area contributed by atoms with Crippen LogP contribution >= 0.6 is 31.2 Å². The van der Waals surface area contributed by atoms with Gasteiger partial charge < -0.3 is 24.6 Å². The first-order chi connectivity index (χ1) is 14.2. The quantitative estimate of drug-likeness (QED) is 0.289. The summed E-state index contributed by atoms with van der Waals surface area (Å²) in [5.41, 5.74) is 1.20. The summed E-state index contributed by atoms with van der Waals surface area (Å²) in [4.78, 5) is 22.1. The molecule has 30 heavy (non-hydrogen) atoms. The minimum absolute atomic E-state index is 0.0599. The molecule has 0 saturated heterocycles. The van der Waals surface area contributed by atoms with Crippen LogP contribution in [0.5, 0.6) is 5.75 Å². The van der Waals surface area contributed by atoms with Gasteiger partial charge in [0.15, 0.2) is 6.79 Å². The summed E-state index contributed by atoms with van der Waals surface area (Å²) in [7, 11) is -2.42. The molecule has 0 fully saturated rings. The maximum atomic E-state index is 13.0. The number of aliphatic hydroxyl groups is 1. The highest BCUT2D eigenvalue weighted by Gasteiger charge is 2.14. The molecule has 162 valence electrons. The number of aliphatic hydroxyl groups excluding tert-OH is 1. The van der Waals surface area contributed by atoms with Crippen LogP contribution in [0.4, 0.5) is 4.39 Å². The Balaban J connectivity index is 1.94. The maximum Gasteiger partial charge on any atom is 0.306 e. The number of carboxylic acid groups (broad SMARTS) is 1. The van der Waals surface area contributed by atoms with Crippen LogP contribution in [0.25, 0.3) is 0 Å². The van der Waals surface area contributed by atoms with Gasteiger partial charge in [0.2, 0.25) is 8.00 Å². The summed E-state index contributed by atoms with van der Waals surface area (Å²) in [5.74, 6) is -0.363. The zero-order chi connectivity index (χ0) is 22.1. The predicted octanol–water partition coefficient (Wildman–Crippen LogP) is 3.51. The van der Waals surface area contributed by atoms with Gasteiger partial charge in [-0.3, -0.25) is 4.79 Å². The number of carbonyl (C=O) groups is 1. The number of hydrogen-bond acceptors (Lipinski definition) is 6. The van der Waals surface area contributed by atoms with E-state index in [2.05, 4.69) is 0 Å². The smallest absolute Gasteiger partial charge is 0.306 e. The van der Waals surface area contributed by atoms with Crippen molar-refractivity contribution >= 4 is 43.0 Å². The van der Waals surface area contributed by atoms with Gasteiger partial charge in [-0.05, 0) is 29.8 Å². The van der Waals surface area contributed by atoms with Gasteiger partial charge in [-0.15, -0.1) is 0 Å². The molecule has 0 aromatic heterocycles. The minimum Gasteiger partial charge on any atom is -0.603 e. The lowest BCUT2D eigenvalue weighted by Gasteiger charge is -2.14. The Kier molecular flexibility index (Phi) is 9.94. The summed E-state index contributed by atoms with van der Waals surface area (Å²) in [6, 6.07) is 8.85. The molecule has 0 aliphatic heterocycles. The molecule has 2 N–H and O–H groups in total. The van der Waals surface area contributed by atoms with Crippen LogP contribution in [0, 0.1) is 5.82 Å². The number of ether oxygens (including phenoxy) is 2. The molecule has 0 amide bonds. The zero-order valence-corrected chi connectivity index (χ0v) is 17.9. The number of hydrogen-bond donors (Lipinski definition) is 2. The van der Waals surface area contributed by atoms with Gasteiger partial charge in [0.1, 0.15) is 30.1 Å². The van der Waals surface area contributed by atoms with E-state index in [9.17, 15) is 19.2 Å². The molecule has 0 aliphatic carbocycles. The average molecular weight is 479 g/mol. The van der Waals surface area contributed by atoms with Crippen LogP contribution in [0.15, 0.2) is 36.4 Å². The first-order valence-corrected chi connectivity index (χ1v) is 10.5. The molecule has 0 saturated carbocycles. The van der Waals surface area contributed by atoms with Gasteiger partial charge in [-0.25, -0.2) is 4.39 Å². The second kappa shape index (κ2) is 12.2. The van der Waals surface area contributed by atoms with Crippen molar-refractivity contribution < 1.29 is 38.3 Å². The normalized spacial score (nSPS) is 12.6. The molecule has 0 heterocycles. The molecule has 0 radical (unpaired) electrons. The van der Waals surface area contributed by atoms with Crippen molar-refractivity contribution in [3.63, 3.8) is 0 Å². The third-order valence-electron chi connectivity index (χ3n) is 3.61. The van der Waals surface area contributed by atoms with Crippen LogP contribution in [0.1, 0.15) is 17.5 Å². The third kappa shape index (κ3) is 8.53. The van der Waals surface area contributed by atoms with Crippen molar-refractivity contribution in [1.82, 2.24) is 0 Å². The second-order valence-corrected chi connectivity index (χ2v) is 7.95. The molecule has 0 aliphatic rings. The van der Waals surface area contributed by atoms with E-state index < -0.39 is 33.3 Å². The van der Waals surface area contributed by atoms with Crippen molar-refractivity contribution in [2.24, 2.45) is 0 Å². The molecule has 2 aromatic carbocycles. The van der Waals surface area contributed by atoms with Crippen molar-refractivity contribution in [3.8, 4) is 5.75 Å². The van der Waals surface area contributed by atoms with Gasteiger partial charge in [-0.1, -0.05) is 35.3 Å². The topological polar surface area (TPSA) is 108 Å². The van der Waals surface area contributed by atoms with E-state index in [-0.39, 0.29) is 24.1 Å². The highest BCUT2D eigenvalue weighted by Crippen LogP contribution is 2.32. The molecular weight excluding hydrogens is 461 g/mol. The molecule has 7 nitrogen and oxygen atoms in total. The molecule has 1 unspecified atom stereocenters. The van der Waals surface area contributed by atoms with Crippen molar-refractivity contribution in [3.05, 3.63) is 63.4 Å². The lowest BCUT2D eigenvalue weighted by atomic mass is 10.2. The van der Waals surface area contributed by atoms with Crippen molar-refractivity contribution in [2.45, 2.75) is 25.7 Å². The Labute approximate surface area is 183 Å². The van der Waals surface area contributed by atoms with E-state index in [1.54, 1.807) is 18.2 Å². The van der Waals surface area contributed by atoms with Crippen LogP contribution in [0.3, 0.4) is 0 Å². The van der Waals surface area contributed by atoms with Gasteiger partial charge in [-0.2, -0.15) is 4.52 Å². The van der Waals surface area contributed by atoms with Crippen LogP contribution < -0.4 is 9.63 Å². The fourth-order valence-electron chi connectivity index (χ4n) is 2.24. The van der Waals surface area contributed by atoms with Crippen molar-refractivity contribution in [2.75, 3.05) is 6.79 Å². The summed E-state index contributed by atoms with van der Waals surface area (Å²) >= 11 is 12.2. The summed E-state index contributed by atoms with van der Waals surface area (Å²) in [5, 5.41) is 18.6. The second-order valence-electron chi connectivity index (χ2n) is 5.97. The molecule has 2 aromatic rings. The van der Waals surface area contributed by atoms with Gasteiger partial charge in [0.05, 0.1) is 18.1 Å². The van der Waals surface area contributed by atoms with E-state index in [4.69, 9.17) is 42.3 Å². The van der Waals surface area contributed by atoms with E-state index >= 15 is 0 Å². The number of aliphatic carboxylic acids is 1. The van der Waals surface area contributed by atoms with E-state index in [1.807, 2.05) is 0 Å². The zero-order valence-electron chi connectivity index (χ0n) is 15.5. The molecule has 11 heteroatoms. The Morgan fingerprint density at radius 2 is 1.93 bits per heavy atom. The molecule has 2 atom stereocenters. The Hall–Kier alpha value is -1.77. The van der Waals surface area contributed by atoms with Crippen LogP contribution in [-0.2, 0) is 27.3 Å². The molecule has 0 bridgehead atoms. The Morgan fingerprint density at radius 1 is 1.23 bits per heavy atom. The minimum atomic E-state index is -2.42. The van der Waals surface area contributed by atoms with Gasteiger partial charge in [0.25, 0.3) is 0 Å². The highest BCUT2D eigenvalue weighted by molar-refractivity contribution is 7.44. The fraction of sp³-hybridized carbons (Fsp3) is 0.263. The summed E-state index contributed by atoms with van der Waals surface area (Å²) in [6.45, 7) is -0.319. The monoisotopic (exact) mass is 478 g/mol. The number of carboxylic acids is 1. The molecular formula is C19H18Cl2FO7P. The lowest BCUT2D eigenvalue weighted by molar-refractivity contribution is -0.180. The fourth-order valence-corrected chi connectivity index (χ4v) is 3.42. The van der Waals surface area contributed by atoms with Crippen molar-refractivity contribution in [1.29, 1.82) is 0 Å². The molecule has 0 spiro atoms. The predicted molar refractivity (Wildman–Crippen MR) is 109 cm³/mol. The highest BCUT2D eigenvalue weighted by atomic mass is 35.5. The van der Waals surface area contributed by atoms with E-state index in [0.717, 1.165) is 11.4 Å². The largest absolute Gasteiger partial charge is 0.603 e. The summed E-state index contributed by atoms with van der Waals surface area (Å²) < 4.78 is 28.9.